The second kappa shape index (κ2) is 15.7. The highest BCUT2D eigenvalue weighted by Crippen LogP contribution is 2.16. The Balaban J connectivity index is 0. The summed E-state index contributed by atoms with van der Waals surface area (Å²) in [7, 11) is 0. The monoisotopic (exact) mass is 214 g/mol. The van der Waals surface area contributed by atoms with Gasteiger partial charge in [-0.1, -0.05) is 52.0 Å². The van der Waals surface area contributed by atoms with Gasteiger partial charge in [0, 0.05) is 0 Å². The summed E-state index contributed by atoms with van der Waals surface area (Å²) in [6.07, 6.45) is 11.5. The van der Waals surface area contributed by atoms with Crippen LogP contribution < -0.4 is 0 Å². The first-order chi connectivity index (χ1) is 7.26. The molecule has 0 radical (unpaired) electrons. The van der Waals surface area contributed by atoms with Crippen molar-refractivity contribution in [1.29, 1.82) is 0 Å². The number of allylic oxidation sites excluding steroid dienone is 1. The van der Waals surface area contributed by atoms with Crippen LogP contribution >= 0.6 is 0 Å². The van der Waals surface area contributed by atoms with E-state index in [0.717, 1.165) is 5.92 Å². The Morgan fingerprint density at radius 2 is 1.73 bits per heavy atom. The van der Waals surface area contributed by atoms with E-state index in [2.05, 4.69) is 20.4 Å². The van der Waals surface area contributed by atoms with Gasteiger partial charge in [-0.2, -0.15) is 0 Å². The molecule has 0 spiro atoms. The molecular formula is C13H26O2. The highest BCUT2D eigenvalue weighted by Gasteiger charge is 2.01. The molecule has 1 N–H and O–H groups in total. The van der Waals surface area contributed by atoms with Gasteiger partial charge < -0.3 is 5.11 Å². The Labute approximate surface area is 94.4 Å². The molecule has 0 aliphatic heterocycles. The molecule has 0 fully saturated rings. The second-order valence-corrected chi connectivity index (χ2v) is 3.71. The van der Waals surface area contributed by atoms with Gasteiger partial charge in [-0.25, -0.2) is 0 Å². The van der Waals surface area contributed by atoms with Gasteiger partial charge in [-0.05, 0) is 18.8 Å². The van der Waals surface area contributed by atoms with E-state index < -0.39 is 0 Å². The fourth-order valence-corrected chi connectivity index (χ4v) is 1.60. The molecule has 0 saturated carbocycles. The predicted molar refractivity (Wildman–Crippen MR) is 66.0 cm³/mol. The van der Waals surface area contributed by atoms with Gasteiger partial charge in [0.1, 0.15) is 0 Å². The third-order valence-corrected chi connectivity index (χ3v) is 2.68. The molecule has 0 rings (SSSR count). The predicted octanol–water partition coefficient (Wildman–Crippen LogP) is 4.26. The number of unbranched alkanes of at least 4 members (excludes halogenated alkanes) is 3. The zero-order valence-electron chi connectivity index (χ0n) is 10.2. The molecule has 2 heteroatoms. The lowest BCUT2D eigenvalue weighted by molar-refractivity contribution is -0.122. The Hall–Kier alpha value is -0.790. The first-order valence-electron chi connectivity index (χ1n) is 5.95. The van der Waals surface area contributed by atoms with Crippen LogP contribution in [-0.2, 0) is 4.79 Å². The van der Waals surface area contributed by atoms with Gasteiger partial charge in [0.2, 0.25) is 0 Å². The van der Waals surface area contributed by atoms with Crippen LogP contribution in [0.5, 0.6) is 0 Å². The van der Waals surface area contributed by atoms with E-state index in [-0.39, 0.29) is 6.47 Å². The molecule has 0 saturated heterocycles. The summed E-state index contributed by atoms with van der Waals surface area (Å²) < 4.78 is 0. The first kappa shape index (κ1) is 16.6. The molecule has 90 valence electrons. The Morgan fingerprint density at radius 1 is 1.20 bits per heavy atom. The largest absolute Gasteiger partial charge is 0.483 e. The van der Waals surface area contributed by atoms with Crippen molar-refractivity contribution in [3.63, 3.8) is 0 Å². The van der Waals surface area contributed by atoms with Crippen molar-refractivity contribution >= 4 is 6.47 Å². The number of carboxylic acid groups (broad SMARTS) is 1. The molecule has 0 amide bonds. The molecule has 0 unspecified atom stereocenters. The Kier molecular flexibility index (Phi) is 17.4. The van der Waals surface area contributed by atoms with E-state index in [1.165, 1.54) is 44.9 Å². The van der Waals surface area contributed by atoms with E-state index in [1.807, 2.05) is 6.08 Å². The van der Waals surface area contributed by atoms with E-state index in [9.17, 15) is 0 Å². The molecule has 0 heterocycles. The van der Waals surface area contributed by atoms with Crippen LogP contribution in [0.25, 0.3) is 0 Å². The topological polar surface area (TPSA) is 37.3 Å². The van der Waals surface area contributed by atoms with Crippen molar-refractivity contribution in [2.24, 2.45) is 5.92 Å². The first-order valence-corrected chi connectivity index (χ1v) is 5.95. The maximum Gasteiger partial charge on any atom is 0.290 e. The normalized spacial score (nSPS) is 9.27. The molecule has 0 aliphatic rings. The third-order valence-electron chi connectivity index (χ3n) is 2.68. The van der Waals surface area contributed by atoms with E-state index >= 15 is 0 Å². The van der Waals surface area contributed by atoms with Crippen molar-refractivity contribution in [3.8, 4) is 0 Å². The van der Waals surface area contributed by atoms with E-state index in [1.54, 1.807) is 0 Å². The Morgan fingerprint density at radius 3 is 2.13 bits per heavy atom. The fraction of sp³-hybridized carbons (Fsp3) is 0.769. The summed E-state index contributed by atoms with van der Waals surface area (Å²) >= 11 is 0. The lowest BCUT2D eigenvalue weighted by atomic mass is 9.96. The van der Waals surface area contributed by atoms with Crippen LogP contribution in [0.2, 0.25) is 0 Å². The van der Waals surface area contributed by atoms with Gasteiger partial charge in [0.15, 0.2) is 0 Å². The molecule has 0 aromatic carbocycles. The summed E-state index contributed by atoms with van der Waals surface area (Å²) in [5, 5.41) is 6.89. The number of hydrogen-bond acceptors (Lipinski definition) is 1. The molecule has 0 atom stereocenters. The van der Waals surface area contributed by atoms with Crippen LogP contribution in [0.15, 0.2) is 12.7 Å². The standard InChI is InChI=1S/C12H24.CH2O2/c1-4-7-8-9-10-11-12(5-2)6-3;2-1-3/h4,12H,1,5-11H2,2-3H3;1H,(H,2,3). The lowest BCUT2D eigenvalue weighted by Crippen LogP contribution is -1.95. The molecule has 2 nitrogen and oxygen atoms in total. The van der Waals surface area contributed by atoms with Crippen LogP contribution in [0.4, 0.5) is 0 Å². The maximum absolute atomic E-state index is 8.36. The fourth-order valence-electron chi connectivity index (χ4n) is 1.60. The lowest BCUT2D eigenvalue weighted by Gasteiger charge is -2.10. The maximum atomic E-state index is 8.36. The average Bonchev–Trinajstić information content (AvgIpc) is 2.25. The van der Waals surface area contributed by atoms with Crippen LogP contribution in [0.3, 0.4) is 0 Å². The SMILES string of the molecule is C=CCCCCCC(CC)CC.O=CO. The smallest absolute Gasteiger partial charge is 0.290 e. The van der Waals surface area contributed by atoms with Crippen molar-refractivity contribution < 1.29 is 9.90 Å². The van der Waals surface area contributed by atoms with E-state index in [0.29, 0.717) is 0 Å². The van der Waals surface area contributed by atoms with Crippen molar-refractivity contribution in [2.75, 3.05) is 0 Å². The average molecular weight is 214 g/mol. The van der Waals surface area contributed by atoms with Crippen LogP contribution in [-0.4, -0.2) is 11.6 Å². The third kappa shape index (κ3) is 15.9. The minimum atomic E-state index is -0.250. The number of rotatable bonds is 8. The second-order valence-electron chi connectivity index (χ2n) is 3.71. The highest BCUT2D eigenvalue weighted by molar-refractivity contribution is 5.32. The summed E-state index contributed by atoms with van der Waals surface area (Å²) in [6.45, 7) is 8.08. The van der Waals surface area contributed by atoms with Gasteiger partial charge in [0.25, 0.3) is 6.47 Å². The van der Waals surface area contributed by atoms with Gasteiger partial charge >= 0.3 is 0 Å². The zero-order valence-corrected chi connectivity index (χ0v) is 10.2. The quantitative estimate of drug-likeness (QED) is 0.372. The summed E-state index contributed by atoms with van der Waals surface area (Å²) in [4.78, 5) is 8.36. The van der Waals surface area contributed by atoms with Crippen molar-refractivity contribution in [2.45, 2.75) is 58.8 Å². The van der Waals surface area contributed by atoms with Gasteiger partial charge in [-0.3, -0.25) is 4.79 Å². The molecule has 0 aromatic rings. The van der Waals surface area contributed by atoms with Gasteiger partial charge in [0.05, 0.1) is 0 Å². The molecule has 0 aromatic heterocycles. The van der Waals surface area contributed by atoms with Crippen LogP contribution in [0.1, 0.15) is 58.8 Å². The molecule has 0 bridgehead atoms. The van der Waals surface area contributed by atoms with Gasteiger partial charge in [-0.15, -0.1) is 6.58 Å². The highest BCUT2D eigenvalue weighted by atomic mass is 16.3. The molecular weight excluding hydrogens is 188 g/mol. The molecule has 15 heavy (non-hydrogen) atoms. The molecule has 0 aliphatic carbocycles. The zero-order chi connectivity index (χ0) is 11.9. The Bertz CT molecular complexity index is 128. The summed E-state index contributed by atoms with van der Waals surface area (Å²) in [5.74, 6) is 0.980. The van der Waals surface area contributed by atoms with Crippen LogP contribution in [0, 0.1) is 5.92 Å². The summed E-state index contributed by atoms with van der Waals surface area (Å²) in [6, 6.07) is 0. The minimum absolute atomic E-state index is 0.250. The van der Waals surface area contributed by atoms with E-state index in [4.69, 9.17) is 9.90 Å². The minimum Gasteiger partial charge on any atom is -0.483 e. The number of hydrogen-bond donors (Lipinski definition) is 1. The summed E-state index contributed by atoms with van der Waals surface area (Å²) in [5.41, 5.74) is 0. The van der Waals surface area contributed by atoms with Crippen molar-refractivity contribution in [1.82, 2.24) is 0 Å². The van der Waals surface area contributed by atoms with Crippen molar-refractivity contribution in [3.05, 3.63) is 12.7 Å². The number of carbonyl (C=O) groups is 1.